The van der Waals surface area contributed by atoms with Gasteiger partial charge in [0.1, 0.15) is 0 Å². The number of carbonyl (C=O) groups excluding carboxylic acids is 1. The lowest BCUT2D eigenvalue weighted by molar-refractivity contribution is -0.118. The van der Waals surface area contributed by atoms with Gasteiger partial charge in [-0.15, -0.1) is 10.2 Å². The Labute approximate surface area is 116 Å². The monoisotopic (exact) mass is 276 g/mol. The number of aromatic nitrogens is 2. The van der Waals surface area contributed by atoms with Gasteiger partial charge in [0.25, 0.3) is 0 Å². The van der Waals surface area contributed by atoms with Crippen molar-refractivity contribution in [1.82, 2.24) is 10.2 Å². The quantitative estimate of drug-likeness (QED) is 0.817. The lowest BCUT2D eigenvalue weighted by Crippen LogP contribution is -2.28. The molecule has 2 rings (SSSR count). The number of methoxy groups -OCH3 is 1. The summed E-state index contributed by atoms with van der Waals surface area (Å²) < 4.78 is 10.2. The van der Waals surface area contributed by atoms with E-state index in [4.69, 9.17) is 14.9 Å². The van der Waals surface area contributed by atoms with Gasteiger partial charge in [0.15, 0.2) is 0 Å². The summed E-state index contributed by atoms with van der Waals surface area (Å²) in [5.74, 6) is 0.239. The molecule has 3 N–H and O–H groups in total. The van der Waals surface area contributed by atoms with Crippen LogP contribution in [-0.2, 0) is 9.53 Å². The van der Waals surface area contributed by atoms with E-state index in [1.54, 1.807) is 18.2 Å². The minimum absolute atomic E-state index is 0.162. The maximum absolute atomic E-state index is 11.8. The third kappa shape index (κ3) is 3.62. The van der Waals surface area contributed by atoms with Crippen LogP contribution in [0.25, 0.3) is 11.5 Å². The highest BCUT2D eigenvalue weighted by Gasteiger charge is 2.12. The van der Waals surface area contributed by atoms with Gasteiger partial charge in [0, 0.05) is 24.9 Å². The molecule has 1 aromatic carbocycles. The number of nitrogens with two attached hydrogens (primary N) is 1. The topological polar surface area (TPSA) is 103 Å². The van der Waals surface area contributed by atoms with Gasteiger partial charge in [0.2, 0.25) is 18.2 Å². The molecule has 0 radical (unpaired) electrons. The molecular formula is C13H16N4O3. The van der Waals surface area contributed by atoms with Gasteiger partial charge >= 0.3 is 0 Å². The van der Waals surface area contributed by atoms with Crippen molar-refractivity contribution in [1.29, 1.82) is 0 Å². The van der Waals surface area contributed by atoms with E-state index in [0.717, 1.165) is 5.56 Å². The van der Waals surface area contributed by atoms with Crippen LogP contribution in [0.5, 0.6) is 0 Å². The molecule has 1 heterocycles. The Balaban J connectivity index is 2.03. The molecule has 7 heteroatoms. The minimum Gasteiger partial charge on any atom is -0.423 e. The van der Waals surface area contributed by atoms with E-state index < -0.39 is 0 Å². The molecule has 7 nitrogen and oxygen atoms in total. The maximum Gasteiger partial charge on any atom is 0.247 e. The molecule has 1 amide bonds. The summed E-state index contributed by atoms with van der Waals surface area (Å²) in [6, 6.07) is 7.16. The summed E-state index contributed by atoms with van der Waals surface area (Å²) in [4.78, 5) is 11.8. The van der Waals surface area contributed by atoms with Crippen molar-refractivity contribution < 1.29 is 13.9 Å². The molecular weight excluding hydrogens is 260 g/mol. The molecule has 106 valence electrons. The highest BCUT2D eigenvalue weighted by Crippen LogP contribution is 2.20. The Bertz CT molecular complexity index is 553. The predicted molar refractivity (Wildman–Crippen MR) is 72.8 cm³/mol. The lowest BCUT2D eigenvalue weighted by Gasteiger charge is -2.12. The number of amides is 1. The van der Waals surface area contributed by atoms with Gasteiger partial charge in [0.05, 0.1) is 12.5 Å². The SMILES string of the molecule is COC(CN)CC(=O)Nc1cccc(-c2nnco2)c1. The standard InChI is InChI=1S/C13H16N4O3/c1-19-11(7-14)6-12(18)16-10-4-2-3-9(5-10)13-17-15-8-20-13/h2-5,8,11H,6-7,14H2,1H3,(H,16,18). The van der Waals surface area contributed by atoms with Crippen molar-refractivity contribution >= 4 is 11.6 Å². The zero-order valence-electron chi connectivity index (χ0n) is 11.1. The lowest BCUT2D eigenvalue weighted by atomic mass is 10.2. The van der Waals surface area contributed by atoms with Crippen molar-refractivity contribution in [2.24, 2.45) is 5.73 Å². The Morgan fingerprint density at radius 1 is 1.55 bits per heavy atom. The highest BCUT2D eigenvalue weighted by atomic mass is 16.5. The average molecular weight is 276 g/mol. The van der Waals surface area contributed by atoms with Crippen LogP contribution in [0.2, 0.25) is 0 Å². The zero-order valence-corrected chi connectivity index (χ0v) is 11.1. The number of anilines is 1. The van der Waals surface area contributed by atoms with E-state index in [2.05, 4.69) is 15.5 Å². The van der Waals surface area contributed by atoms with Crippen molar-refractivity contribution in [3.8, 4) is 11.5 Å². The third-order valence-electron chi connectivity index (χ3n) is 2.76. The summed E-state index contributed by atoms with van der Waals surface area (Å²) in [6.07, 6.45) is 1.18. The van der Waals surface area contributed by atoms with Crippen LogP contribution in [-0.4, -0.2) is 35.9 Å². The molecule has 1 atom stereocenters. The number of nitrogens with zero attached hydrogens (tertiary/aromatic N) is 2. The van der Waals surface area contributed by atoms with Crippen LogP contribution in [0.4, 0.5) is 5.69 Å². The molecule has 0 aliphatic rings. The molecule has 0 aliphatic heterocycles. The fraction of sp³-hybridized carbons (Fsp3) is 0.308. The molecule has 0 fully saturated rings. The normalized spacial score (nSPS) is 12.1. The molecule has 0 spiro atoms. The summed E-state index contributed by atoms with van der Waals surface area (Å²) in [6.45, 7) is 0.298. The van der Waals surface area contributed by atoms with Crippen LogP contribution in [0.3, 0.4) is 0 Å². The van der Waals surface area contributed by atoms with Crippen LogP contribution in [0.15, 0.2) is 35.1 Å². The Morgan fingerprint density at radius 2 is 2.40 bits per heavy atom. The summed E-state index contributed by atoms with van der Waals surface area (Å²) in [7, 11) is 1.53. The van der Waals surface area contributed by atoms with E-state index in [1.165, 1.54) is 13.5 Å². The molecule has 1 unspecified atom stereocenters. The second-order valence-corrected chi connectivity index (χ2v) is 4.17. The summed E-state index contributed by atoms with van der Waals surface area (Å²) >= 11 is 0. The zero-order chi connectivity index (χ0) is 14.4. The Kier molecular flexibility index (Phi) is 4.80. The second kappa shape index (κ2) is 6.78. The number of rotatable bonds is 6. The van der Waals surface area contributed by atoms with Gasteiger partial charge in [-0.05, 0) is 18.2 Å². The van der Waals surface area contributed by atoms with E-state index in [0.29, 0.717) is 18.1 Å². The Morgan fingerprint density at radius 3 is 3.05 bits per heavy atom. The molecule has 0 saturated carbocycles. The van der Waals surface area contributed by atoms with Crippen molar-refractivity contribution in [3.05, 3.63) is 30.7 Å². The van der Waals surface area contributed by atoms with E-state index in [-0.39, 0.29) is 18.4 Å². The predicted octanol–water partition coefficient (Wildman–Crippen LogP) is 1.04. The van der Waals surface area contributed by atoms with Gasteiger partial charge in [-0.2, -0.15) is 0 Å². The van der Waals surface area contributed by atoms with Gasteiger partial charge in [-0.25, -0.2) is 0 Å². The smallest absolute Gasteiger partial charge is 0.247 e. The second-order valence-electron chi connectivity index (χ2n) is 4.17. The number of nitrogens with one attached hydrogen (secondary N) is 1. The number of hydrogen-bond acceptors (Lipinski definition) is 6. The number of carbonyl (C=O) groups is 1. The van der Waals surface area contributed by atoms with Gasteiger partial charge in [-0.1, -0.05) is 6.07 Å². The van der Waals surface area contributed by atoms with Crippen LogP contribution >= 0.6 is 0 Å². The van der Waals surface area contributed by atoms with Crippen LogP contribution in [0.1, 0.15) is 6.42 Å². The number of benzene rings is 1. The first-order chi connectivity index (χ1) is 9.72. The molecule has 0 bridgehead atoms. The van der Waals surface area contributed by atoms with Gasteiger partial charge < -0.3 is 20.2 Å². The largest absolute Gasteiger partial charge is 0.423 e. The van der Waals surface area contributed by atoms with E-state index >= 15 is 0 Å². The first-order valence-electron chi connectivity index (χ1n) is 6.12. The Hall–Kier alpha value is -2.25. The third-order valence-corrected chi connectivity index (χ3v) is 2.76. The van der Waals surface area contributed by atoms with E-state index in [9.17, 15) is 4.79 Å². The fourth-order valence-electron chi connectivity index (χ4n) is 1.71. The van der Waals surface area contributed by atoms with Crippen molar-refractivity contribution in [2.75, 3.05) is 19.0 Å². The van der Waals surface area contributed by atoms with Crippen LogP contribution in [0, 0.1) is 0 Å². The van der Waals surface area contributed by atoms with Crippen molar-refractivity contribution in [3.63, 3.8) is 0 Å². The first-order valence-corrected chi connectivity index (χ1v) is 6.12. The van der Waals surface area contributed by atoms with Gasteiger partial charge in [-0.3, -0.25) is 4.79 Å². The molecule has 2 aromatic rings. The van der Waals surface area contributed by atoms with E-state index in [1.807, 2.05) is 6.07 Å². The highest BCUT2D eigenvalue weighted by molar-refractivity contribution is 5.91. The molecule has 1 aromatic heterocycles. The van der Waals surface area contributed by atoms with Crippen molar-refractivity contribution in [2.45, 2.75) is 12.5 Å². The van der Waals surface area contributed by atoms with Crippen LogP contribution < -0.4 is 11.1 Å². The average Bonchev–Trinajstić information content (AvgIpc) is 2.99. The fourth-order valence-corrected chi connectivity index (χ4v) is 1.71. The first kappa shape index (κ1) is 14.2. The molecule has 20 heavy (non-hydrogen) atoms. The number of ether oxygens (including phenoxy) is 1. The maximum atomic E-state index is 11.8. The summed E-state index contributed by atoms with van der Waals surface area (Å²) in [5, 5.41) is 10.2. The molecule has 0 aliphatic carbocycles. The summed E-state index contributed by atoms with van der Waals surface area (Å²) in [5.41, 5.74) is 6.87. The number of hydrogen-bond donors (Lipinski definition) is 2. The minimum atomic E-state index is -0.283. The molecule has 0 saturated heterocycles.